The first-order valence-electron chi connectivity index (χ1n) is 17.6. The van der Waals surface area contributed by atoms with E-state index in [9.17, 15) is 24.3 Å². The van der Waals surface area contributed by atoms with Crippen molar-refractivity contribution in [3.8, 4) is 0 Å². The molecule has 0 aromatic rings. The zero-order chi connectivity index (χ0) is 36.0. The normalized spacial score (nSPS) is 26.4. The van der Waals surface area contributed by atoms with Gasteiger partial charge in [0.2, 0.25) is 0 Å². The van der Waals surface area contributed by atoms with Crippen LogP contribution in [0.1, 0.15) is 98.3 Å². The lowest BCUT2D eigenvalue weighted by Gasteiger charge is -2.44. The van der Waals surface area contributed by atoms with E-state index in [1.807, 2.05) is 0 Å². The van der Waals surface area contributed by atoms with Gasteiger partial charge in [-0.05, 0) is 86.0 Å². The van der Waals surface area contributed by atoms with Crippen LogP contribution in [0.4, 0.5) is 0 Å². The molecule has 0 spiro atoms. The number of aliphatic carboxylic acids is 4. The number of rotatable bonds is 17. The average molecular weight is 677 g/mol. The second-order valence-corrected chi connectivity index (χ2v) is 14.8. The van der Waals surface area contributed by atoms with Gasteiger partial charge < -0.3 is 25.5 Å². The van der Waals surface area contributed by atoms with Crippen molar-refractivity contribution in [3.63, 3.8) is 0 Å². The third-order valence-corrected chi connectivity index (χ3v) is 10.5. The first kappa shape index (κ1) is 41.2. The summed E-state index contributed by atoms with van der Waals surface area (Å²) in [4.78, 5) is 44.4. The number of carboxylic acids is 4. The van der Waals surface area contributed by atoms with E-state index in [0.29, 0.717) is 5.41 Å². The Bertz CT molecular complexity index is 1110. The first-order chi connectivity index (χ1) is 22.5. The number of aliphatic hydroxyl groups excluding tert-OH is 1. The lowest BCUT2D eigenvalue weighted by molar-refractivity contribution is -0.145. The van der Waals surface area contributed by atoms with Crippen LogP contribution >= 0.6 is 0 Å². The van der Waals surface area contributed by atoms with E-state index in [2.05, 4.69) is 46.4 Å². The van der Waals surface area contributed by atoms with Crippen LogP contribution in [0, 0.1) is 29.1 Å². The lowest BCUT2D eigenvalue weighted by atomic mass is 9.60. The van der Waals surface area contributed by atoms with Gasteiger partial charge in [0.25, 0.3) is 0 Å². The van der Waals surface area contributed by atoms with Crippen LogP contribution in [-0.2, 0) is 19.2 Å². The molecule has 0 bridgehead atoms. The summed E-state index contributed by atoms with van der Waals surface area (Å²) in [5.41, 5.74) is 4.72. The number of nitrogens with zero attached hydrogens (tertiary/aromatic N) is 2. The Morgan fingerprint density at radius 3 is 1.88 bits per heavy atom. The van der Waals surface area contributed by atoms with Gasteiger partial charge in [0, 0.05) is 13.1 Å². The molecule has 0 amide bonds. The highest BCUT2D eigenvalue weighted by Crippen LogP contribution is 2.60. The Kier molecular flexibility index (Phi) is 17.0. The number of carbonyl (C=O) groups is 4. The van der Waals surface area contributed by atoms with Gasteiger partial charge in [0.1, 0.15) is 0 Å². The summed E-state index contributed by atoms with van der Waals surface area (Å²) < 4.78 is 0. The molecule has 11 heteroatoms. The van der Waals surface area contributed by atoms with E-state index in [-0.39, 0.29) is 19.2 Å². The molecule has 0 aliphatic heterocycles. The molecule has 272 valence electrons. The molecule has 3 aliphatic carbocycles. The average Bonchev–Trinajstić information content (AvgIpc) is 3.33. The predicted molar refractivity (Wildman–Crippen MR) is 185 cm³/mol. The van der Waals surface area contributed by atoms with Gasteiger partial charge in [0.15, 0.2) is 0 Å². The van der Waals surface area contributed by atoms with E-state index in [0.717, 1.165) is 52.7 Å². The Morgan fingerprint density at radius 1 is 0.833 bits per heavy atom. The molecule has 0 heterocycles. The lowest BCUT2D eigenvalue weighted by Crippen LogP contribution is -2.43. The summed E-state index contributed by atoms with van der Waals surface area (Å²) >= 11 is 0. The Labute approximate surface area is 286 Å². The SMILES string of the molecule is C=C1CC[C@H](O)C/C1=C/C=C1\CCC[C@]2(C)[C@@H]([C@H](C)CCCC(C)C)CC[C@@H]12.O=C(O)CN(CCN(CC(=O)O)CC(=O)O)CC(=O)O. The van der Waals surface area contributed by atoms with Gasteiger partial charge >= 0.3 is 23.9 Å². The Balaban J connectivity index is 0.000000356. The molecule has 5 N–H and O–H groups in total. The van der Waals surface area contributed by atoms with Crippen molar-refractivity contribution in [2.75, 3.05) is 39.3 Å². The third kappa shape index (κ3) is 13.8. The predicted octanol–water partition coefficient (Wildman–Crippen LogP) is 5.55. The number of hydrogen-bond acceptors (Lipinski definition) is 7. The Hall–Kier alpha value is -3.02. The molecule has 48 heavy (non-hydrogen) atoms. The van der Waals surface area contributed by atoms with Gasteiger partial charge in [0.05, 0.1) is 32.3 Å². The largest absolute Gasteiger partial charge is 0.480 e. The highest BCUT2D eigenvalue weighted by molar-refractivity contribution is 5.73. The van der Waals surface area contributed by atoms with Gasteiger partial charge in [-0.2, -0.15) is 0 Å². The topological polar surface area (TPSA) is 176 Å². The van der Waals surface area contributed by atoms with Crippen molar-refractivity contribution >= 4 is 23.9 Å². The maximum Gasteiger partial charge on any atom is 0.317 e. The fourth-order valence-corrected chi connectivity index (χ4v) is 8.13. The third-order valence-electron chi connectivity index (χ3n) is 10.5. The summed E-state index contributed by atoms with van der Waals surface area (Å²) in [5.74, 6) is -1.54. The summed E-state index contributed by atoms with van der Waals surface area (Å²) in [6, 6.07) is 0. The molecule has 3 aliphatic rings. The van der Waals surface area contributed by atoms with Gasteiger partial charge in [-0.3, -0.25) is 29.0 Å². The summed E-state index contributed by atoms with van der Waals surface area (Å²) in [6.45, 7) is 11.8. The van der Waals surface area contributed by atoms with Crippen LogP contribution < -0.4 is 0 Å². The summed E-state index contributed by atoms with van der Waals surface area (Å²) in [5, 5.41) is 44.5. The molecule has 0 unspecified atom stereocenters. The fraction of sp³-hybridized carbons (Fsp3) is 0.730. The first-order valence-corrected chi connectivity index (χ1v) is 17.6. The number of aliphatic hydroxyl groups is 1. The molecule has 3 saturated carbocycles. The number of hydrogen-bond donors (Lipinski definition) is 5. The molecular formula is C37H60N2O9. The quantitative estimate of drug-likeness (QED) is 0.131. The Morgan fingerprint density at radius 2 is 1.38 bits per heavy atom. The van der Waals surface area contributed by atoms with E-state index < -0.39 is 50.1 Å². The summed E-state index contributed by atoms with van der Waals surface area (Å²) in [6.07, 6.45) is 18.2. The van der Waals surface area contributed by atoms with Crippen LogP contribution in [0.3, 0.4) is 0 Å². The molecule has 0 aromatic carbocycles. The maximum atomic E-state index is 10.6. The minimum absolute atomic E-state index is 0.0703. The smallest absolute Gasteiger partial charge is 0.317 e. The second kappa shape index (κ2) is 19.8. The van der Waals surface area contributed by atoms with E-state index >= 15 is 0 Å². The number of allylic oxidation sites excluding steroid dienone is 4. The zero-order valence-electron chi connectivity index (χ0n) is 29.5. The van der Waals surface area contributed by atoms with Crippen molar-refractivity contribution in [2.45, 2.75) is 104 Å². The molecule has 3 fully saturated rings. The fourth-order valence-electron chi connectivity index (χ4n) is 8.13. The van der Waals surface area contributed by atoms with Crippen LogP contribution in [0.2, 0.25) is 0 Å². The molecule has 11 nitrogen and oxygen atoms in total. The van der Waals surface area contributed by atoms with E-state index in [1.165, 1.54) is 62.5 Å². The number of fused-ring (bicyclic) bond motifs is 1. The van der Waals surface area contributed by atoms with Crippen LogP contribution in [0.5, 0.6) is 0 Å². The van der Waals surface area contributed by atoms with Gasteiger partial charge in [-0.15, -0.1) is 0 Å². The van der Waals surface area contributed by atoms with Crippen molar-refractivity contribution < 1.29 is 44.7 Å². The molecule has 3 rings (SSSR count). The molecule has 0 saturated heterocycles. The van der Waals surface area contributed by atoms with Crippen molar-refractivity contribution in [1.82, 2.24) is 9.80 Å². The van der Waals surface area contributed by atoms with E-state index in [4.69, 9.17) is 20.4 Å². The summed E-state index contributed by atoms with van der Waals surface area (Å²) in [7, 11) is 0. The highest BCUT2D eigenvalue weighted by atomic mass is 16.4. The maximum absolute atomic E-state index is 10.6. The van der Waals surface area contributed by atoms with Gasteiger partial charge in [-0.1, -0.05) is 76.8 Å². The van der Waals surface area contributed by atoms with Crippen LogP contribution in [0.25, 0.3) is 0 Å². The van der Waals surface area contributed by atoms with E-state index in [1.54, 1.807) is 5.57 Å². The van der Waals surface area contributed by atoms with Crippen molar-refractivity contribution in [1.29, 1.82) is 0 Å². The highest BCUT2D eigenvalue weighted by Gasteiger charge is 2.50. The van der Waals surface area contributed by atoms with Gasteiger partial charge in [-0.25, -0.2) is 0 Å². The van der Waals surface area contributed by atoms with Crippen LogP contribution in [0.15, 0.2) is 35.5 Å². The molecule has 0 aromatic heterocycles. The van der Waals surface area contributed by atoms with Crippen LogP contribution in [-0.4, -0.2) is 105 Å². The van der Waals surface area contributed by atoms with Crippen molar-refractivity contribution in [2.24, 2.45) is 29.1 Å². The minimum Gasteiger partial charge on any atom is -0.480 e. The molecular weight excluding hydrogens is 616 g/mol. The van der Waals surface area contributed by atoms with Crippen molar-refractivity contribution in [3.05, 3.63) is 35.5 Å². The standard InChI is InChI=1S/C27H44O.C10H16N2O8/c1-19(2)8-6-9-21(4)25-15-16-26-22(10-7-17-27(25,26)5)12-13-23-18-24(28)14-11-20(23)3;13-7(14)3-11(4-8(15)16)1-2-12(5-9(17)18)6-10(19)20/h12-13,19,21,24-26,28H,3,6-11,14-18H2,1-2,4-5H3;1-6H2,(H,13,14)(H,15,16)(H,17,18)(H,19,20)/b22-12+,23-13-;/t21-,24+,25-,26+,27-;/m1./s1. The second-order valence-electron chi connectivity index (χ2n) is 14.8. The minimum atomic E-state index is -1.23. The number of carboxylic acid groups (broad SMARTS) is 4. The monoisotopic (exact) mass is 676 g/mol. The zero-order valence-corrected chi connectivity index (χ0v) is 29.5. The molecule has 0 radical (unpaired) electrons. The molecule has 5 atom stereocenters.